The molecule has 1 aromatic carbocycles. The second-order valence-corrected chi connectivity index (χ2v) is 6.50. The van der Waals surface area contributed by atoms with Gasteiger partial charge in [-0.3, -0.25) is 0 Å². The van der Waals surface area contributed by atoms with E-state index in [1.165, 1.54) is 18.4 Å². The van der Waals surface area contributed by atoms with E-state index in [-0.39, 0.29) is 0 Å². The highest BCUT2D eigenvalue weighted by Crippen LogP contribution is 2.45. The Hall–Kier alpha value is -0.780. The van der Waals surface area contributed by atoms with Crippen LogP contribution >= 0.6 is 0 Å². The summed E-state index contributed by atoms with van der Waals surface area (Å²) >= 11 is 0. The van der Waals surface area contributed by atoms with Gasteiger partial charge in [0.25, 0.3) is 0 Å². The fourth-order valence-electron chi connectivity index (χ4n) is 2.86. The second-order valence-electron chi connectivity index (χ2n) is 6.50. The summed E-state index contributed by atoms with van der Waals surface area (Å²) in [4.78, 5) is 0. The van der Waals surface area contributed by atoms with E-state index in [1.807, 2.05) is 13.8 Å². The van der Waals surface area contributed by atoms with Crippen molar-refractivity contribution >= 4 is 0 Å². The van der Waals surface area contributed by atoms with Crippen LogP contribution in [-0.2, 0) is 17.3 Å². The Bertz CT molecular complexity index is 396. The van der Waals surface area contributed by atoms with Gasteiger partial charge in [0, 0.05) is 0 Å². The number of benzene rings is 1. The van der Waals surface area contributed by atoms with Gasteiger partial charge < -0.3 is 0 Å². The Labute approximate surface area is 114 Å². The van der Waals surface area contributed by atoms with Crippen molar-refractivity contribution in [3.05, 3.63) is 34.9 Å². The molecule has 0 bridgehead atoms. The molecule has 0 spiro atoms. The van der Waals surface area contributed by atoms with E-state index >= 15 is 0 Å². The molecule has 1 aromatic rings. The number of hydrogen-bond donors (Lipinski definition) is 0. The lowest BCUT2D eigenvalue weighted by Gasteiger charge is -2.42. The smallest absolute Gasteiger partial charge is 0.0100 e. The first kappa shape index (κ1) is 15.3. The van der Waals surface area contributed by atoms with Crippen molar-refractivity contribution < 1.29 is 0 Å². The lowest BCUT2D eigenvalue weighted by Crippen LogP contribution is -2.33. The summed E-state index contributed by atoms with van der Waals surface area (Å²) < 4.78 is 0. The van der Waals surface area contributed by atoms with Gasteiger partial charge >= 0.3 is 0 Å². The van der Waals surface area contributed by atoms with Gasteiger partial charge in [0.2, 0.25) is 0 Å². The first-order chi connectivity index (χ1) is 8.37. The van der Waals surface area contributed by atoms with Crippen LogP contribution in [0.5, 0.6) is 0 Å². The van der Waals surface area contributed by atoms with Crippen LogP contribution < -0.4 is 0 Å². The van der Waals surface area contributed by atoms with Gasteiger partial charge in [-0.05, 0) is 46.8 Å². The summed E-state index contributed by atoms with van der Waals surface area (Å²) in [5, 5.41) is 0. The predicted molar refractivity (Wildman–Crippen MR) is 82.5 cm³/mol. The summed E-state index contributed by atoms with van der Waals surface area (Å²) in [6.45, 7) is 15.8. The highest BCUT2D eigenvalue weighted by molar-refractivity contribution is 5.43. The number of aryl methyl sites for hydroxylation is 1. The molecule has 2 rings (SSSR count). The highest BCUT2D eigenvalue weighted by atomic mass is 14.4. The average molecular weight is 246 g/mol. The molecule has 0 aliphatic heterocycles. The normalized spacial score (nSPS) is 19.5. The van der Waals surface area contributed by atoms with E-state index in [1.54, 1.807) is 11.1 Å². The summed E-state index contributed by atoms with van der Waals surface area (Å²) in [6.07, 6.45) is 3.75. The number of rotatable bonds is 1. The minimum absolute atomic E-state index is 0.357. The standard InChI is InChI=1S/C16H24.C2H6/c1-6-12-7-8-13-14(11-12)16(4,5)10-9-15(13,2)3;1-2/h7-8,11H,6,9-10H2,1-5H3;1-2H3. The molecule has 1 aliphatic rings. The largest absolute Gasteiger partial charge is 0.0683 e. The monoisotopic (exact) mass is 246 g/mol. The molecule has 0 unspecified atom stereocenters. The third-order valence-electron chi connectivity index (χ3n) is 4.33. The van der Waals surface area contributed by atoms with Crippen molar-refractivity contribution in [2.75, 3.05) is 0 Å². The minimum atomic E-state index is 0.357. The van der Waals surface area contributed by atoms with Crippen molar-refractivity contribution in [2.24, 2.45) is 0 Å². The molecule has 0 saturated carbocycles. The van der Waals surface area contributed by atoms with Crippen molar-refractivity contribution in [1.29, 1.82) is 0 Å². The molecule has 0 atom stereocenters. The predicted octanol–water partition coefficient (Wildman–Crippen LogP) is 5.62. The average Bonchev–Trinajstić information content (AvgIpc) is 2.37. The van der Waals surface area contributed by atoms with E-state index in [0.29, 0.717) is 10.8 Å². The van der Waals surface area contributed by atoms with Crippen LogP contribution in [0.3, 0.4) is 0 Å². The van der Waals surface area contributed by atoms with E-state index in [2.05, 4.69) is 52.8 Å². The minimum Gasteiger partial charge on any atom is -0.0683 e. The summed E-state index contributed by atoms with van der Waals surface area (Å²) in [6, 6.07) is 7.12. The van der Waals surface area contributed by atoms with E-state index < -0.39 is 0 Å². The Balaban J connectivity index is 0.000000771. The van der Waals surface area contributed by atoms with Gasteiger partial charge in [-0.1, -0.05) is 66.7 Å². The third kappa shape index (κ3) is 2.79. The van der Waals surface area contributed by atoms with Crippen LogP contribution in [-0.4, -0.2) is 0 Å². The van der Waals surface area contributed by atoms with Crippen LogP contribution in [0, 0.1) is 0 Å². The van der Waals surface area contributed by atoms with Crippen LogP contribution in [0.2, 0.25) is 0 Å². The van der Waals surface area contributed by atoms with Crippen LogP contribution in [0.1, 0.15) is 78.0 Å². The fourth-order valence-corrected chi connectivity index (χ4v) is 2.86. The molecule has 102 valence electrons. The molecular weight excluding hydrogens is 216 g/mol. The maximum atomic E-state index is 2.44. The summed E-state index contributed by atoms with van der Waals surface area (Å²) in [5.41, 5.74) is 5.35. The third-order valence-corrected chi connectivity index (χ3v) is 4.33. The fraction of sp³-hybridized carbons (Fsp3) is 0.667. The lowest BCUT2D eigenvalue weighted by molar-refractivity contribution is 0.331. The molecule has 0 radical (unpaired) electrons. The zero-order valence-corrected chi connectivity index (χ0v) is 13.4. The number of fused-ring (bicyclic) bond motifs is 1. The van der Waals surface area contributed by atoms with Crippen molar-refractivity contribution in [3.8, 4) is 0 Å². The molecular formula is C18H30. The molecule has 0 heterocycles. The molecule has 0 heteroatoms. The van der Waals surface area contributed by atoms with Crippen LogP contribution in [0.4, 0.5) is 0 Å². The Kier molecular flexibility index (Phi) is 4.64. The molecule has 18 heavy (non-hydrogen) atoms. The van der Waals surface area contributed by atoms with Crippen molar-refractivity contribution in [2.45, 2.75) is 78.6 Å². The molecule has 0 fully saturated rings. The van der Waals surface area contributed by atoms with Gasteiger partial charge in [0.1, 0.15) is 0 Å². The summed E-state index contributed by atoms with van der Waals surface area (Å²) in [5.74, 6) is 0. The SMILES string of the molecule is CC.CCc1ccc2c(c1)C(C)(C)CCC2(C)C. The highest BCUT2D eigenvalue weighted by Gasteiger charge is 2.36. The van der Waals surface area contributed by atoms with Gasteiger partial charge in [-0.2, -0.15) is 0 Å². The van der Waals surface area contributed by atoms with E-state index in [4.69, 9.17) is 0 Å². The molecule has 0 aromatic heterocycles. The van der Waals surface area contributed by atoms with Crippen molar-refractivity contribution in [1.82, 2.24) is 0 Å². The lowest BCUT2D eigenvalue weighted by atomic mass is 9.63. The molecule has 0 nitrogen and oxygen atoms in total. The number of hydrogen-bond acceptors (Lipinski definition) is 0. The Morgan fingerprint density at radius 2 is 1.39 bits per heavy atom. The molecule has 0 amide bonds. The molecule has 0 saturated heterocycles. The zero-order chi connectivity index (χ0) is 14.0. The second kappa shape index (κ2) is 5.47. The maximum absolute atomic E-state index is 2.44. The Morgan fingerprint density at radius 1 is 0.889 bits per heavy atom. The van der Waals surface area contributed by atoms with Crippen LogP contribution in [0.25, 0.3) is 0 Å². The van der Waals surface area contributed by atoms with E-state index in [9.17, 15) is 0 Å². The van der Waals surface area contributed by atoms with Gasteiger partial charge in [0.05, 0.1) is 0 Å². The van der Waals surface area contributed by atoms with Gasteiger partial charge in [0.15, 0.2) is 0 Å². The first-order valence-corrected chi connectivity index (χ1v) is 7.51. The Morgan fingerprint density at radius 3 is 1.89 bits per heavy atom. The van der Waals surface area contributed by atoms with Gasteiger partial charge in [-0.25, -0.2) is 0 Å². The van der Waals surface area contributed by atoms with Crippen LogP contribution in [0.15, 0.2) is 18.2 Å². The van der Waals surface area contributed by atoms with E-state index in [0.717, 1.165) is 6.42 Å². The summed E-state index contributed by atoms with van der Waals surface area (Å²) in [7, 11) is 0. The topological polar surface area (TPSA) is 0 Å². The molecule has 1 aliphatic carbocycles. The molecule has 0 N–H and O–H groups in total. The maximum Gasteiger partial charge on any atom is -0.0100 e. The zero-order valence-electron chi connectivity index (χ0n) is 13.4. The van der Waals surface area contributed by atoms with Crippen molar-refractivity contribution in [3.63, 3.8) is 0 Å². The first-order valence-electron chi connectivity index (χ1n) is 7.51. The quantitative estimate of drug-likeness (QED) is 0.603. The van der Waals surface area contributed by atoms with Gasteiger partial charge in [-0.15, -0.1) is 0 Å².